The fraction of sp³-hybridized carbons (Fsp3) is 0.917. The van der Waals surface area contributed by atoms with Gasteiger partial charge in [-0.1, -0.05) is 32.6 Å². The number of unbranched alkanes of at least 4 members (excludes halogenated alkanes) is 3. The number of ether oxygens (including phenoxy) is 1. The minimum absolute atomic E-state index is 0.138. The van der Waals surface area contributed by atoms with Crippen LogP contribution < -0.4 is 5.32 Å². The monoisotopic (exact) mass is 215 g/mol. The van der Waals surface area contributed by atoms with Crippen LogP contribution in [-0.4, -0.2) is 25.7 Å². The number of carbonyl (C=O) groups is 1. The van der Waals surface area contributed by atoms with Gasteiger partial charge in [0.2, 0.25) is 0 Å². The molecule has 0 rings (SSSR count). The first-order valence-electron chi connectivity index (χ1n) is 6.00. The minimum atomic E-state index is -0.138. The van der Waals surface area contributed by atoms with Crippen LogP contribution in [0.15, 0.2) is 0 Å². The van der Waals surface area contributed by atoms with Crippen molar-refractivity contribution in [3.8, 4) is 0 Å². The van der Waals surface area contributed by atoms with Crippen LogP contribution in [0.25, 0.3) is 0 Å². The second kappa shape index (κ2) is 9.97. The van der Waals surface area contributed by atoms with Crippen LogP contribution in [0.2, 0.25) is 0 Å². The zero-order valence-corrected chi connectivity index (χ0v) is 10.3. The molecule has 90 valence electrons. The van der Waals surface area contributed by atoms with Crippen LogP contribution in [-0.2, 0) is 9.53 Å². The van der Waals surface area contributed by atoms with E-state index in [-0.39, 0.29) is 5.97 Å². The summed E-state index contributed by atoms with van der Waals surface area (Å²) < 4.78 is 4.57. The van der Waals surface area contributed by atoms with E-state index in [0.717, 1.165) is 6.54 Å². The highest BCUT2D eigenvalue weighted by molar-refractivity contribution is 5.69. The average molecular weight is 215 g/mol. The summed E-state index contributed by atoms with van der Waals surface area (Å²) in [4.78, 5) is 10.8. The largest absolute Gasteiger partial charge is 0.469 e. The Morgan fingerprint density at radius 3 is 2.67 bits per heavy atom. The van der Waals surface area contributed by atoms with Gasteiger partial charge in [0.15, 0.2) is 0 Å². The van der Waals surface area contributed by atoms with Gasteiger partial charge in [-0.25, -0.2) is 0 Å². The van der Waals surface area contributed by atoms with E-state index < -0.39 is 0 Å². The van der Waals surface area contributed by atoms with Gasteiger partial charge in [0, 0.05) is 12.6 Å². The van der Waals surface area contributed by atoms with Crippen LogP contribution in [0, 0.1) is 0 Å². The summed E-state index contributed by atoms with van der Waals surface area (Å²) >= 11 is 0. The molecule has 0 aliphatic heterocycles. The molecule has 0 heterocycles. The number of nitrogens with one attached hydrogen (secondary N) is 1. The fourth-order valence-corrected chi connectivity index (χ4v) is 1.50. The molecule has 15 heavy (non-hydrogen) atoms. The highest BCUT2D eigenvalue weighted by Crippen LogP contribution is 2.05. The molecule has 1 unspecified atom stereocenters. The predicted molar refractivity (Wildman–Crippen MR) is 62.9 cm³/mol. The lowest BCUT2D eigenvalue weighted by Crippen LogP contribution is -2.28. The second-order valence-electron chi connectivity index (χ2n) is 4.03. The number of hydrogen-bond donors (Lipinski definition) is 1. The zero-order chi connectivity index (χ0) is 11.5. The Bertz CT molecular complexity index is 160. The smallest absolute Gasteiger partial charge is 0.306 e. The lowest BCUT2D eigenvalue weighted by atomic mass is 10.1. The summed E-state index contributed by atoms with van der Waals surface area (Å²) in [6.45, 7) is 5.11. The third-order valence-corrected chi connectivity index (χ3v) is 2.54. The molecular formula is C12H25NO2. The van der Waals surface area contributed by atoms with Crippen LogP contribution in [0.5, 0.6) is 0 Å². The maximum Gasteiger partial charge on any atom is 0.306 e. The van der Waals surface area contributed by atoms with E-state index in [4.69, 9.17) is 0 Å². The van der Waals surface area contributed by atoms with Crippen molar-refractivity contribution in [3.63, 3.8) is 0 Å². The van der Waals surface area contributed by atoms with Crippen LogP contribution >= 0.6 is 0 Å². The van der Waals surface area contributed by atoms with E-state index in [2.05, 4.69) is 23.9 Å². The van der Waals surface area contributed by atoms with E-state index in [1.807, 2.05) is 0 Å². The summed E-state index contributed by atoms with van der Waals surface area (Å²) in [5.41, 5.74) is 0. The van der Waals surface area contributed by atoms with E-state index in [0.29, 0.717) is 12.5 Å². The molecule has 1 N–H and O–H groups in total. The van der Waals surface area contributed by atoms with Crippen molar-refractivity contribution in [1.29, 1.82) is 0 Å². The van der Waals surface area contributed by atoms with Crippen molar-refractivity contribution >= 4 is 5.97 Å². The molecule has 0 saturated carbocycles. The molecule has 3 nitrogen and oxygen atoms in total. The van der Waals surface area contributed by atoms with Crippen LogP contribution in [0.3, 0.4) is 0 Å². The molecule has 0 aromatic heterocycles. The Labute approximate surface area is 93.6 Å². The molecule has 0 aliphatic rings. The van der Waals surface area contributed by atoms with Gasteiger partial charge in [0.25, 0.3) is 0 Å². The van der Waals surface area contributed by atoms with E-state index in [1.54, 1.807) is 0 Å². The number of hydrogen-bond acceptors (Lipinski definition) is 3. The van der Waals surface area contributed by atoms with E-state index in [1.165, 1.54) is 39.2 Å². The molecule has 0 aromatic rings. The molecule has 0 aromatic carbocycles. The minimum Gasteiger partial charge on any atom is -0.469 e. The van der Waals surface area contributed by atoms with E-state index in [9.17, 15) is 4.79 Å². The lowest BCUT2D eigenvalue weighted by molar-refractivity contribution is -0.140. The Morgan fingerprint density at radius 2 is 2.07 bits per heavy atom. The summed E-state index contributed by atoms with van der Waals surface area (Å²) in [5.74, 6) is -0.138. The molecule has 1 atom stereocenters. The maximum absolute atomic E-state index is 10.8. The Hall–Kier alpha value is -0.570. The van der Waals surface area contributed by atoms with E-state index >= 15 is 0 Å². The third kappa shape index (κ3) is 9.73. The Balaban J connectivity index is 3.25. The van der Waals surface area contributed by atoms with Gasteiger partial charge < -0.3 is 10.1 Å². The molecule has 0 amide bonds. The molecule has 0 bridgehead atoms. The molecule has 0 aliphatic carbocycles. The number of methoxy groups -OCH3 is 1. The summed E-state index contributed by atoms with van der Waals surface area (Å²) in [5, 5.41) is 3.32. The van der Waals surface area contributed by atoms with Gasteiger partial charge in [-0.15, -0.1) is 0 Å². The van der Waals surface area contributed by atoms with Gasteiger partial charge in [-0.05, 0) is 13.3 Å². The summed E-state index contributed by atoms with van der Waals surface area (Å²) in [7, 11) is 1.43. The average Bonchev–Trinajstić information content (AvgIpc) is 2.24. The quantitative estimate of drug-likeness (QED) is 0.474. The molecule has 3 heteroatoms. The van der Waals surface area contributed by atoms with Gasteiger partial charge in [-0.2, -0.15) is 0 Å². The van der Waals surface area contributed by atoms with Crippen molar-refractivity contribution in [3.05, 3.63) is 0 Å². The lowest BCUT2D eigenvalue weighted by Gasteiger charge is -2.12. The Morgan fingerprint density at radius 1 is 1.33 bits per heavy atom. The van der Waals surface area contributed by atoms with Crippen LogP contribution in [0.1, 0.15) is 52.4 Å². The van der Waals surface area contributed by atoms with Gasteiger partial charge in [0.1, 0.15) is 0 Å². The number of carbonyl (C=O) groups excluding carboxylic acids is 1. The highest BCUT2D eigenvalue weighted by atomic mass is 16.5. The normalized spacial score (nSPS) is 12.5. The van der Waals surface area contributed by atoms with Crippen molar-refractivity contribution in [2.45, 2.75) is 58.4 Å². The predicted octanol–water partition coefficient (Wildman–Crippen LogP) is 2.50. The Kier molecular flexibility index (Phi) is 9.59. The van der Waals surface area contributed by atoms with Gasteiger partial charge in [-0.3, -0.25) is 4.79 Å². The molecular weight excluding hydrogens is 190 g/mol. The topological polar surface area (TPSA) is 38.3 Å². The third-order valence-electron chi connectivity index (χ3n) is 2.54. The van der Waals surface area contributed by atoms with Crippen molar-refractivity contribution in [2.24, 2.45) is 0 Å². The first-order chi connectivity index (χ1) is 7.20. The number of esters is 1. The maximum atomic E-state index is 10.8. The summed E-state index contributed by atoms with van der Waals surface area (Å²) in [6, 6.07) is 0.506. The highest BCUT2D eigenvalue weighted by Gasteiger charge is 2.03. The zero-order valence-electron chi connectivity index (χ0n) is 10.3. The second-order valence-corrected chi connectivity index (χ2v) is 4.03. The first kappa shape index (κ1) is 14.4. The SMILES string of the molecule is CCCCCCC(C)NCCC(=O)OC. The molecule has 0 radical (unpaired) electrons. The van der Waals surface area contributed by atoms with Crippen molar-refractivity contribution in [1.82, 2.24) is 5.32 Å². The van der Waals surface area contributed by atoms with Crippen molar-refractivity contribution in [2.75, 3.05) is 13.7 Å². The molecule has 0 saturated heterocycles. The summed E-state index contributed by atoms with van der Waals surface area (Å²) in [6.07, 6.45) is 6.87. The molecule has 0 fully saturated rings. The van der Waals surface area contributed by atoms with Crippen molar-refractivity contribution < 1.29 is 9.53 Å². The first-order valence-corrected chi connectivity index (χ1v) is 6.00. The number of rotatable bonds is 9. The van der Waals surface area contributed by atoms with Crippen LogP contribution in [0.4, 0.5) is 0 Å². The standard InChI is InChI=1S/C12H25NO2/c1-4-5-6-7-8-11(2)13-10-9-12(14)15-3/h11,13H,4-10H2,1-3H3. The molecule has 0 spiro atoms. The van der Waals surface area contributed by atoms with Gasteiger partial charge >= 0.3 is 5.97 Å². The van der Waals surface area contributed by atoms with Gasteiger partial charge in [0.05, 0.1) is 13.5 Å². The fourth-order valence-electron chi connectivity index (χ4n) is 1.50.